The number of phosphoric acid groups is 1. The lowest BCUT2D eigenvalue weighted by atomic mass is 9.70. The van der Waals surface area contributed by atoms with Crippen LogP contribution in [0, 0.1) is 5.92 Å². The van der Waals surface area contributed by atoms with Gasteiger partial charge in [0, 0.05) is 17.9 Å². The van der Waals surface area contributed by atoms with Gasteiger partial charge >= 0.3 is 7.82 Å². The fraction of sp³-hybridized carbons (Fsp3) is 0.750. The van der Waals surface area contributed by atoms with Crippen LogP contribution in [0.4, 0.5) is 0 Å². The van der Waals surface area contributed by atoms with Crippen molar-refractivity contribution >= 4 is 16.1 Å². The number of benzene rings is 1. The van der Waals surface area contributed by atoms with E-state index in [-0.39, 0.29) is 25.0 Å². The van der Waals surface area contributed by atoms with E-state index in [2.05, 4.69) is 59.8 Å². The van der Waals surface area contributed by atoms with E-state index in [4.69, 9.17) is 27.5 Å². The first-order valence-electron chi connectivity index (χ1n) is 15.8. The number of unbranched alkanes of at least 4 members (excludes halogenated alkanes) is 2. The lowest BCUT2D eigenvalue weighted by molar-refractivity contribution is 0.0152. The monoisotopic (exact) mass is 612 g/mol. The van der Waals surface area contributed by atoms with Gasteiger partial charge in [-0.1, -0.05) is 40.5 Å². The Morgan fingerprint density at radius 2 is 1.46 bits per heavy atom. The molecular weight excluding hydrogens is 555 g/mol. The second-order valence-corrected chi connectivity index (χ2v) is 17.8. The number of hydrogen-bond donors (Lipinski definition) is 0. The molecule has 0 saturated heterocycles. The zero-order chi connectivity index (χ0) is 30.7. The largest absolute Gasteiger partial charge is 0.529 e. The molecule has 0 bridgehead atoms. The first kappa shape index (κ1) is 35.9. The number of aryl methyl sites for hydroxylation is 1. The quantitative estimate of drug-likeness (QED) is 0.0874. The highest BCUT2D eigenvalue weighted by atomic mass is 31.2. The van der Waals surface area contributed by atoms with Gasteiger partial charge in [-0.25, -0.2) is 4.57 Å². The fourth-order valence-electron chi connectivity index (χ4n) is 6.21. The maximum Gasteiger partial charge on any atom is 0.529 e. The van der Waals surface area contributed by atoms with E-state index in [0.29, 0.717) is 12.2 Å². The number of phosphoric ester groups is 1. The van der Waals surface area contributed by atoms with Gasteiger partial charge in [0.1, 0.15) is 17.3 Å². The SMILES string of the molecule is CCCCCc1cc(OC)c(C2C=C(OP(=O)(OCC)OCC)CCC2C(C)(C)O[Si](CC)(CC)CC)c(OC)c1. The maximum atomic E-state index is 13.3. The zero-order valence-corrected chi connectivity index (χ0v) is 29.4. The normalized spacial score (nSPS) is 18.2. The topological polar surface area (TPSA) is 72.5 Å². The van der Waals surface area contributed by atoms with Crippen molar-refractivity contribution in [1.82, 2.24) is 0 Å². The third kappa shape index (κ3) is 9.33. The van der Waals surface area contributed by atoms with Crippen molar-refractivity contribution in [2.75, 3.05) is 27.4 Å². The molecule has 0 radical (unpaired) electrons. The molecule has 0 spiro atoms. The zero-order valence-electron chi connectivity index (χ0n) is 27.5. The molecule has 1 aromatic carbocycles. The van der Waals surface area contributed by atoms with Crippen LogP contribution >= 0.6 is 7.82 Å². The number of methoxy groups -OCH3 is 2. The Kier molecular flexibility index (Phi) is 14.5. The van der Waals surface area contributed by atoms with Crippen molar-refractivity contribution in [2.24, 2.45) is 5.92 Å². The lowest BCUT2D eigenvalue weighted by Gasteiger charge is -2.47. The van der Waals surface area contributed by atoms with Gasteiger partial charge in [0.15, 0.2) is 8.32 Å². The van der Waals surface area contributed by atoms with Crippen LogP contribution in [0.15, 0.2) is 24.0 Å². The highest BCUT2D eigenvalue weighted by Crippen LogP contribution is 2.56. The Bertz CT molecular complexity index is 978. The average molecular weight is 613 g/mol. The van der Waals surface area contributed by atoms with Crippen molar-refractivity contribution in [3.05, 3.63) is 35.1 Å². The van der Waals surface area contributed by atoms with Gasteiger partial charge in [-0.2, -0.15) is 0 Å². The van der Waals surface area contributed by atoms with E-state index < -0.39 is 21.7 Å². The van der Waals surface area contributed by atoms with Crippen molar-refractivity contribution in [3.8, 4) is 11.5 Å². The molecule has 2 atom stereocenters. The number of ether oxygens (including phenoxy) is 2. The van der Waals surface area contributed by atoms with Gasteiger partial charge in [0.2, 0.25) is 0 Å². The molecule has 2 unspecified atom stereocenters. The predicted molar refractivity (Wildman–Crippen MR) is 171 cm³/mol. The molecule has 0 N–H and O–H groups in total. The summed E-state index contributed by atoms with van der Waals surface area (Å²) in [6.07, 6.45) is 7.92. The van der Waals surface area contributed by atoms with Crippen LogP contribution in [0.2, 0.25) is 18.1 Å². The Morgan fingerprint density at radius 1 is 0.902 bits per heavy atom. The first-order valence-corrected chi connectivity index (χ1v) is 19.7. The smallest absolute Gasteiger partial charge is 0.496 e. The standard InChI is InChI=1S/C32H57O7PSi/c1-11-17-18-19-25-22-29(34-9)31(30(23-25)35-10)27-24-26(38-40(33,36-12-2)37-13-3)20-21-28(27)32(7,8)39-41(14-4,15-5)16-6/h22-24,27-28H,11-21H2,1-10H3. The van der Waals surface area contributed by atoms with Crippen LogP contribution in [0.5, 0.6) is 11.5 Å². The molecule has 0 aliphatic heterocycles. The minimum atomic E-state index is -3.73. The Hall–Kier alpha value is -1.31. The molecule has 1 aromatic rings. The van der Waals surface area contributed by atoms with Crippen LogP contribution in [-0.4, -0.2) is 41.4 Å². The highest BCUT2D eigenvalue weighted by molar-refractivity contribution is 7.48. The van der Waals surface area contributed by atoms with Crippen LogP contribution < -0.4 is 9.47 Å². The molecule has 7 nitrogen and oxygen atoms in total. The Morgan fingerprint density at radius 3 is 1.93 bits per heavy atom. The van der Waals surface area contributed by atoms with Gasteiger partial charge < -0.3 is 18.4 Å². The van der Waals surface area contributed by atoms with Crippen LogP contribution in [0.3, 0.4) is 0 Å². The van der Waals surface area contributed by atoms with E-state index in [1.165, 1.54) is 18.4 Å². The number of allylic oxidation sites excluding steroid dienone is 2. The molecule has 9 heteroatoms. The van der Waals surface area contributed by atoms with E-state index in [9.17, 15) is 4.57 Å². The predicted octanol–water partition coefficient (Wildman–Crippen LogP) is 9.81. The van der Waals surface area contributed by atoms with Crippen molar-refractivity contribution < 1.29 is 32.0 Å². The summed E-state index contributed by atoms with van der Waals surface area (Å²) in [5.74, 6) is 2.15. The minimum absolute atomic E-state index is 0.110. The summed E-state index contributed by atoms with van der Waals surface area (Å²) in [5.41, 5.74) is 1.75. The maximum absolute atomic E-state index is 13.3. The summed E-state index contributed by atoms with van der Waals surface area (Å²) in [5, 5.41) is 0. The summed E-state index contributed by atoms with van der Waals surface area (Å²) in [6, 6.07) is 7.54. The van der Waals surface area contributed by atoms with Gasteiger partial charge in [-0.15, -0.1) is 0 Å². The first-order chi connectivity index (χ1) is 19.5. The molecule has 0 aromatic heterocycles. The van der Waals surface area contributed by atoms with E-state index in [1.54, 1.807) is 28.1 Å². The molecular formula is C32H57O7PSi. The second kappa shape index (κ2) is 16.5. The minimum Gasteiger partial charge on any atom is -0.496 e. The van der Waals surface area contributed by atoms with Crippen LogP contribution in [0.1, 0.15) is 105 Å². The average Bonchev–Trinajstić information content (AvgIpc) is 2.95. The summed E-state index contributed by atoms with van der Waals surface area (Å²) >= 11 is 0. The molecule has 236 valence electrons. The summed E-state index contributed by atoms with van der Waals surface area (Å²) in [6.45, 7) is 17.5. The summed E-state index contributed by atoms with van der Waals surface area (Å²) in [7, 11) is -2.21. The number of rotatable bonds is 19. The van der Waals surface area contributed by atoms with Gasteiger partial charge in [0.25, 0.3) is 0 Å². The molecule has 0 fully saturated rings. The van der Waals surface area contributed by atoms with Crippen molar-refractivity contribution in [2.45, 2.75) is 124 Å². The van der Waals surface area contributed by atoms with E-state index >= 15 is 0 Å². The third-order valence-electron chi connectivity index (χ3n) is 8.62. The highest BCUT2D eigenvalue weighted by Gasteiger charge is 2.46. The molecule has 1 aliphatic rings. The van der Waals surface area contributed by atoms with Crippen LogP contribution in [-0.2, 0) is 29.0 Å². The molecule has 1 aliphatic carbocycles. The van der Waals surface area contributed by atoms with Crippen molar-refractivity contribution in [1.29, 1.82) is 0 Å². The van der Waals surface area contributed by atoms with Crippen LogP contribution in [0.25, 0.3) is 0 Å². The Balaban J connectivity index is 2.69. The number of hydrogen-bond acceptors (Lipinski definition) is 7. The molecule has 2 rings (SSSR count). The molecule has 0 saturated carbocycles. The van der Waals surface area contributed by atoms with E-state index in [0.717, 1.165) is 54.5 Å². The lowest BCUT2D eigenvalue weighted by Crippen LogP contribution is -2.49. The third-order valence-corrected chi connectivity index (χ3v) is 15.0. The van der Waals surface area contributed by atoms with Gasteiger partial charge in [-0.3, -0.25) is 9.05 Å². The fourth-order valence-corrected chi connectivity index (χ4v) is 10.7. The van der Waals surface area contributed by atoms with E-state index in [1.807, 2.05) is 0 Å². The summed E-state index contributed by atoms with van der Waals surface area (Å²) in [4.78, 5) is 0. The summed E-state index contributed by atoms with van der Waals surface area (Å²) < 4.78 is 49.6. The van der Waals surface area contributed by atoms with Gasteiger partial charge in [-0.05, 0) is 94.8 Å². The second-order valence-electron chi connectivity index (χ2n) is 11.5. The molecule has 0 heterocycles. The molecule has 0 amide bonds. The van der Waals surface area contributed by atoms with Gasteiger partial charge in [0.05, 0.1) is 33.0 Å². The molecule has 41 heavy (non-hydrogen) atoms. The van der Waals surface area contributed by atoms with Crippen molar-refractivity contribution in [3.63, 3.8) is 0 Å². The Labute approximate surface area is 251 Å².